The number of nitrogens with zero attached hydrogens (tertiary/aromatic N) is 1. The van der Waals surface area contributed by atoms with Gasteiger partial charge in [0.1, 0.15) is 12.4 Å². The van der Waals surface area contributed by atoms with Crippen LogP contribution < -0.4 is 4.74 Å². The molecule has 1 aromatic carbocycles. The standard InChI is InChI=1S/C21H27NO4S/c1-24-15-21(23)22(14-20-6-3-9-25-20)13-18-4-2-5-19(12-18)26-10-7-17-8-11-27-16-17/h2,4-5,8,11-12,16,20H,3,6-7,9-10,13-15H2,1H3/t20-/m1/s1. The Morgan fingerprint density at radius 2 is 2.26 bits per heavy atom. The van der Waals surface area contributed by atoms with Crippen molar-refractivity contribution in [2.75, 3.05) is 33.5 Å². The molecule has 0 radical (unpaired) electrons. The van der Waals surface area contributed by atoms with Gasteiger partial charge in [-0.1, -0.05) is 12.1 Å². The minimum Gasteiger partial charge on any atom is -0.493 e. The largest absolute Gasteiger partial charge is 0.493 e. The third-order valence-electron chi connectivity index (χ3n) is 4.58. The van der Waals surface area contributed by atoms with Crippen molar-refractivity contribution in [1.82, 2.24) is 4.90 Å². The van der Waals surface area contributed by atoms with Gasteiger partial charge in [0.05, 0.1) is 12.7 Å². The number of amides is 1. The highest BCUT2D eigenvalue weighted by Crippen LogP contribution is 2.19. The van der Waals surface area contributed by atoms with Crippen LogP contribution in [0.25, 0.3) is 0 Å². The molecule has 5 nitrogen and oxygen atoms in total. The smallest absolute Gasteiger partial charge is 0.248 e. The average Bonchev–Trinajstić information content (AvgIpc) is 3.36. The highest BCUT2D eigenvalue weighted by molar-refractivity contribution is 7.07. The van der Waals surface area contributed by atoms with E-state index in [1.165, 1.54) is 5.56 Å². The molecular formula is C21H27NO4S. The summed E-state index contributed by atoms with van der Waals surface area (Å²) in [6.45, 7) is 2.64. The molecule has 0 saturated carbocycles. The molecule has 0 aliphatic carbocycles. The SMILES string of the molecule is COCC(=O)N(Cc1cccc(OCCc2ccsc2)c1)C[C@H]1CCCO1. The number of hydrogen-bond acceptors (Lipinski definition) is 5. The van der Waals surface area contributed by atoms with Gasteiger partial charge in [-0.15, -0.1) is 0 Å². The summed E-state index contributed by atoms with van der Waals surface area (Å²) in [5.41, 5.74) is 2.34. The van der Waals surface area contributed by atoms with E-state index in [9.17, 15) is 4.79 Å². The van der Waals surface area contributed by atoms with Gasteiger partial charge < -0.3 is 19.1 Å². The molecular weight excluding hydrogens is 362 g/mol. The predicted octanol–water partition coefficient (Wildman–Crippen LogP) is 3.52. The second kappa shape index (κ2) is 10.4. The maximum absolute atomic E-state index is 12.4. The summed E-state index contributed by atoms with van der Waals surface area (Å²) in [6, 6.07) is 10.1. The molecule has 6 heteroatoms. The van der Waals surface area contributed by atoms with Gasteiger partial charge in [0.2, 0.25) is 5.91 Å². The Bertz CT molecular complexity index is 698. The van der Waals surface area contributed by atoms with Crippen LogP contribution in [0.4, 0.5) is 0 Å². The van der Waals surface area contributed by atoms with E-state index in [0.29, 0.717) is 19.7 Å². The van der Waals surface area contributed by atoms with Crippen molar-refractivity contribution >= 4 is 17.2 Å². The highest BCUT2D eigenvalue weighted by atomic mass is 32.1. The third-order valence-corrected chi connectivity index (χ3v) is 5.31. The van der Waals surface area contributed by atoms with Crippen LogP contribution in [0.1, 0.15) is 24.0 Å². The van der Waals surface area contributed by atoms with Crippen molar-refractivity contribution in [2.45, 2.75) is 31.9 Å². The molecule has 27 heavy (non-hydrogen) atoms. The van der Waals surface area contributed by atoms with Gasteiger partial charge in [-0.25, -0.2) is 0 Å². The normalized spacial score (nSPS) is 16.4. The van der Waals surface area contributed by atoms with Gasteiger partial charge in [-0.05, 0) is 52.9 Å². The lowest BCUT2D eigenvalue weighted by atomic mass is 10.1. The lowest BCUT2D eigenvalue weighted by Gasteiger charge is -2.25. The first-order valence-electron chi connectivity index (χ1n) is 9.35. The molecule has 146 valence electrons. The summed E-state index contributed by atoms with van der Waals surface area (Å²) in [5, 5.41) is 4.22. The van der Waals surface area contributed by atoms with E-state index < -0.39 is 0 Å². The fourth-order valence-electron chi connectivity index (χ4n) is 3.18. The van der Waals surface area contributed by atoms with E-state index in [1.54, 1.807) is 18.4 Å². The molecule has 1 amide bonds. The molecule has 0 N–H and O–H groups in total. The first-order chi connectivity index (χ1) is 13.2. The molecule has 1 aliphatic rings. The van der Waals surface area contributed by atoms with E-state index >= 15 is 0 Å². The van der Waals surface area contributed by atoms with Crippen LogP contribution in [-0.2, 0) is 27.2 Å². The lowest BCUT2D eigenvalue weighted by molar-refractivity contribution is -0.137. The second-order valence-electron chi connectivity index (χ2n) is 6.72. The maximum Gasteiger partial charge on any atom is 0.248 e. The molecule has 0 unspecified atom stereocenters. The second-order valence-corrected chi connectivity index (χ2v) is 7.50. The van der Waals surface area contributed by atoms with Gasteiger partial charge in [0, 0.05) is 33.2 Å². The van der Waals surface area contributed by atoms with Gasteiger partial charge in [0.15, 0.2) is 0 Å². The van der Waals surface area contributed by atoms with Crippen molar-refractivity contribution in [2.24, 2.45) is 0 Å². The maximum atomic E-state index is 12.4. The van der Waals surface area contributed by atoms with Crippen LogP contribution in [0.5, 0.6) is 5.75 Å². The van der Waals surface area contributed by atoms with Crippen LogP contribution >= 0.6 is 11.3 Å². The Kier molecular flexibility index (Phi) is 7.68. The summed E-state index contributed by atoms with van der Waals surface area (Å²) in [6.07, 6.45) is 3.08. The van der Waals surface area contributed by atoms with Gasteiger partial charge in [0.25, 0.3) is 0 Å². The zero-order chi connectivity index (χ0) is 18.9. The number of thiophene rings is 1. The minimum absolute atomic E-state index is 0.0169. The summed E-state index contributed by atoms with van der Waals surface area (Å²) in [7, 11) is 1.55. The van der Waals surface area contributed by atoms with Crippen LogP contribution in [0, 0.1) is 0 Å². The van der Waals surface area contributed by atoms with Crippen molar-refractivity contribution in [3.8, 4) is 5.75 Å². The molecule has 1 aliphatic heterocycles. The third kappa shape index (κ3) is 6.34. The Balaban J connectivity index is 1.57. The molecule has 2 heterocycles. The number of rotatable bonds is 10. The zero-order valence-electron chi connectivity index (χ0n) is 15.8. The first kappa shape index (κ1) is 19.9. The summed E-state index contributed by atoms with van der Waals surface area (Å²) in [5.74, 6) is 0.816. The summed E-state index contributed by atoms with van der Waals surface area (Å²) < 4.78 is 16.6. The van der Waals surface area contributed by atoms with E-state index in [2.05, 4.69) is 16.8 Å². The topological polar surface area (TPSA) is 48.0 Å². The molecule has 1 atom stereocenters. The molecule has 1 saturated heterocycles. The predicted molar refractivity (Wildman–Crippen MR) is 106 cm³/mol. The lowest BCUT2D eigenvalue weighted by Crippen LogP contribution is -2.38. The quantitative estimate of drug-likeness (QED) is 0.624. The number of benzene rings is 1. The fraction of sp³-hybridized carbons (Fsp3) is 0.476. The van der Waals surface area contributed by atoms with Gasteiger partial charge in [-0.2, -0.15) is 11.3 Å². The molecule has 0 bridgehead atoms. The van der Waals surface area contributed by atoms with Gasteiger partial charge >= 0.3 is 0 Å². The average molecular weight is 390 g/mol. The molecule has 0 spiro atoms. The van der Waals surface area contributed by atoms with Crippen LogP contribution in [0.3, 0.4) is 0 Å². The first-order valence-corrected chi connectivity index (χ1v) is 10.3. The monoisotopic (exact) mass is 389 g/mol. The fourth-order valence-corrected chi connectivity index (χ4v) is 3.88. The van der Waals surface area contributed by atoms with Crippen molar-refractivity contribution < 1.29 is 19.0 Å². The van der Waals surface area contributed by atoms with Gasteiger partial charge in [-0.3, -0.25) is 4.79 Å². The Labute approximate surface area is 164 Å². The molecule has 1 aromatic heterocycles. The zero-order valence-corrected chi connectivity index (χ0v) is 16.6. The summed E-state index contributed by atoms with van der Waals surface area (Å²) in [4.78, 5) is 14.3. The van der Waals surface area contributed by atoms with Crippen molar-refractivity contribution in [3.05, 3.63) is 52.2 Å². The van der Waals surface area contributed by atoms with Crippen LogP contribution in [-0.4, -0.2) is 50.4 Å². The van der Waals surface area contributed by atoms with Crippen molar-refractivity contribution in [3.63, 3.8) is 0 Å². The molecule has 3 rings (SSSR count). The Morgan fingerprint density at radius 1 is 1.33 bits per heavy atom. The highest BCUT2D eigenvalue weighted by Gasteiger charge is 2.22. The van der Waals surface area contributed by atoms with E-state index in [1.807, 2.05) is 29.2 Å². The van der Waals surface area contributed by atoms with E-state index in [0.717, 1.165) is 37.2 Å². The van der Waals surface area contributed by atoms with E-state index in [-0.39, 0.29) is 18.6 Å². The molecule has 2 aromatic rings. The minimum atomic E-state index is -0.0169. The number of methoxy groups -OCH3 is 1. The Morgan fingerprint density at radius 3 is 3.00 bits per heavy atom. The molecule has 1 fully saturated rings. The van der Waals surface area contributed by atoms with Crippen LogP contribution in [0.15, 0.2) is 41.1 Å². The number of hydrogen-bond donors (Lipinski definition) is 0. The van der Waals surface area contributed by atoms with Crippen LogP contribution in [0.2, 0.25) is 0 Å². The Hall–Kier alpha value is -1.89. The van der Waals surface area contributed by atoms with E-state index in [4.69, 9.17) is 14.2 Å². The number of carbonyl (C=O) groups is 1. The number of carbonyl (C=O) groups excluding carboxylic acids is 1. The number of ether oxygens (including phenoxy) is 3. The summed E-state index contributed by atoms with van der Waals surface area (Å²) >= 11 is 1.70. The van der Waals surface area contributed by atoms with Crippen molar-refractivity contribution in [1.29, 1.82) is 0 Å².